The van der Waals surface area contributed by atoms with Crippen LogP contribution in [0.1, 0.15) is 48.7 Å². The largest absolute Gasteiger partial charge is 0.367 e. The SMILES string of the molecule is CCC1CCCCN1c1ccc(C(=O)N2CCc3ccccc32)nc1. The molecule has 1 fully saturated rings. The standard InChI is InChI=1S/C21H25N3O/c1-2-17-8-5-6-13-23(17)18-10-11-19(22-15-18)21(25)24-14-12-16-7-3-4-9-20(16)24/h3-4,7,9-11,15,17H,2,5-6,8,12-14H2,1H3. The minimum Gasteiger partial charge on any atom is -0.367 e. The topological polar surface area (TPSA) is 36.4 Å². The molecular formula is C21H25N3O. The van der Waals surface area contributed by atoms with Crippen molar-refractivity contribution < 1.29 is 4.79 Å². The van der Waals surface area contributed by atoms with Gasteiger partial charge in [0.2, 0.25) is 0 Å². The highest BCUT2D eigenvalue weighted by molar-refractivity contribution is 6.06. The first-order chi connectivity index (χ1) is 12.3. The maximum Gasteiger partial charge on any atom is 0.276 e. The fraction of sp³-hybridized carbons (Fsp3) is 0.429. The van der Waals surface area contributed by atoms with E-state index in [1.165, 1.54) is 24.8 Å². The van der Waals surface area contributed by atoms with Crippen LogP contribution in [0.3, 0.4) is 0 Å². The van der Waals surface area contributed by atoms with Crippen molar-refractivity contribution in [2.24, 2.45) is 0 Å². The Hall–Kier alpha value is -2.36. The molecule has 0 N–H and O–H groups in total. The summed E-state index contributed by atoms with van der Waals surface area (Å²) in [6.45, 7) is 4.08. The molecule has 0 radical (unpaired) electrons. The van der Waals surface area contributed by atoms with Crippen LogP contribution in [-0.2, 0) is 6.42 Å². The fourth-order valence-electron chi connectivity index (χ4n) is 4.13. The average molecular weight is 335 g/mol. The van der Waals surface area contributed by atoms with Gasteiger partial charge < -0.3 is 9.80 Å². The van der Waals surface area contributed by atoms with Crippen LogP contribution in [0.4, 0.5) is 11.4 Å². The van der Waals surface area contributed by atoms with Crippen molar-refractivity contribution in [3.05, 3.63) is 53.9 Å². The van der Waals surface area contributed by atoms with Gasteiger partial charge in [-0.05, 0) is 55.9 Å². The third kappa shape index (κ3) is 3.01. The first-order valence-corrected chi connectivity index (χ1v) is 9.40. The molecule has 1 unspecified atom stereocenters. The van der Waals surface area contributed by atoms with Crippen LogP contribution in [0, 0.1) is 0 Å². The molecular weight excluding hydrogens is 310 g/mol. The third-order valence-corrected chi connectivity index (χ3v) is 5.53. The molecule has 1 saturated heterocycles. The van der Waals surface area contributed by atoms with Crippen molar-refractivity contribution in [2.75, 3.05) is 22.9 Å². The second kappa shape index (κ2) is 6.87. The molecule has 2 aromatic rings. The minimum atomic E-state index is 0.00202. The number of carbonyl (C=O) groups is 1. The molecule has 2 aliphatic heterocycles. The highest BCUT2D eigenvalue weighted by Crippen LogP contribution is 2.29. The van der Waals surface area contributed by atoms with Gasteiger partial charge in [-0.3, -0.25) is 4.79 Å². The summed E-state index contributed by atoms with van der Waals surface area (Å²) in [7, 11) is 0. The Morgan fingerprint density at radius 2 is 2.04 bits per heavy atom. The Kier molecular flexibility index (Phi) is 4.43. The number of anilines is 2. The lowest BCUT2D eigenvalue weighted by Crippen LogP contribution is -2.39. The number of rotatable bonds is 3. The predicted molar refractivity (Wildman–Crippen MR) is 101 cm³/mol. The van der Waals surface area contributed by atoms with E-state index in [-0.39, 0.29) is 5.91 Å². The number of pyridine rings is 1. The van der Waals surface area contributed by atoms with E-state index in [4.69, 9.17) is 0 Å². The molecule has 1 amide bonds. The molecule has 1 aromatic carbocycles. The van der Waals surface area contributed by atoms with Crippen molar-refractivity contribution >= 4 is 17.3 Å². The number of nitrogens with zero attached hydrogens (tertiary/aromatic N) is 3. The molecule has 1 aromatic heterocycles. The van der Waals surface area contributed by atoms with Gasteiger partial charge in [0.25, 0.3) is 5.91 Å². The summed E-state index contributed by atoms with van der Waals surface area (Å²) >= 11 is 0. The summed E-state index contributed by atoms with van der Waals surface area (Å²) in [4.78, 5) is 21.7. The Balaban J connectivity index is 1.53. The van der Waals surface area contributed by atoms with Crippen molar-refractivity contribution in [3.8, 4) is 0 Å². The van der Waals surface area contributed by atoms with Crippen molar-refractivity contribution in [1.82, 2.24) is 4.98 Å². The summed E-state index contributed by atoms with van der Waals surface area (Å²) in [6, 6.07) is 12.7. The Labute approximate surface area is 149 Å². The second-order valence-corrected chi connectivity index (χ2v) is 6.99. The molecule has 0 saturated carbocycles. The molecule has 0 spiro atoms. The van der Waals surface area contributed by atoms with Gasteiger partial charge in [0.15, 0.2) is 0 Å². The molecule has 0 bridgehead atoms. The number of piperidine rings is 1. The maximum atomic E-state index is 12.9. The monoisotopic (exact) mass is 335 g/mol. The highest BCUT2D eigenvalue weighted by atomic mass is 16.2. The molecule has 0 aliphatic carbocycles. The summed E-state index contributed by atoms with van der Waals surface area (Å²) in [5.41, 5.74) is 3.95. The third-order valence-electron chi connectivity index (χ3n) is 5.53. The number of hydrogen-bond acceptors (Lipinski definition) is 3. The van der Waals surface area contributed by atoms with Crippen molar-refractivity contribution in [2.45, 2.75) is 45.1 Å². The van der Waals surface area contributed by atoms with Crippen LogP contribution in [0.2, 0.25) is 0 Å². The van der Waals surface area contributed by atoms with E-state index in [9.17, 15) is 4.79 Å². The van der Waals surface area contributed by atoms with Gasteiger partial charge in [0.05, 0.1) is 11.9 Å². The average Bonchev–Trinajstić information content (AvgIpc) is 3.11. The van der Waals surface area contributed by atoms with Crippen molar-refractivity contribution in [1.29, 1.82) is 0 Å². The predicted octanol–water partition coefficient (Wildman–Crippen LogP) is 4.05. The summed E-state index contributed by atoms with van der Waals surface area (Å²) in [5.74, 6) is 0.00202. The quantitative estimate of drug-likeness (QED) is 0.849. The van der Waals surface area contributed by atoms with Gasteiger partial charge in [0.1, 0.15) is 5.69 Å². The van der Waals surface area contributed by atoms with E-state index >= 15 is 0 Å². The number of amides is 1. The van der Waals surface area contributed by atoms with Gasteiger partial charge in [-0.2, -0.15) is 0 Å². The number of benzene rings is 1. The van der Waals surface area contributed by atoms with Gasteiger partial charge in [-0.1, -0.05) is 25.1 Å². The number of aromatic nitrogens is 1. The molecule has 4 rings (SSSR count). The number of fused-ring (bicyclic) bond motifs is 1. The van der Waals surface area contributed by atoms with Crippen LogP contribution in [-0.4, -0.2) is 30.0 Å². The lowest BCUT2D eigenvalue weighted by molar-refractivity contribution is 0.0984. The Morgan fingerprint density at radius 1 is 1.16 bits per heavy atom. The lowest BCUT2D eigenvalue weighted by atomic mass is 9.99. The van der Waals surface area contributed by atoms with Crippen LogP contribution in [0.15, 0.2) is 42.6 Å². The van der Waals surface area contributed by atoms with Crippen LogP contribution in [0.5, 0.6) is 0 Å². The van der Waals surface area contributed by atoms with E-state index in [0.29, 0.717) is 11.7 Å². The van der Waals surface area contributed by atoms with E-state index < -0.39 is 0 Å². The summed E-state index contributed by atoms with van der Waals surface area (Å²) in [6.07, 6.45) is 7.76. The molecule has 25 heavy (non-hydrogen) atoms. The first-order valence-electron chi connectivity index (χ1n) is 9.40. The normalized spacial score (nSPS) is 19.8. The zero-order valence-electron chi connectivity index (χ0n) is 14.8. The number of hydrogen-bond donors (Lipinski definition) is 0. The Bertz CT molecular complexity index is 756. The number of para-hydroxylation sites is 1. The maximum absolute atomic E-state index is 12.9. The van der Waals surface area contributed by atoms with Gasteiger partial charge in [-0.25, -0.2) is 4.98 Å². The van der Waals surface area contributed by atoms with Crippen LogP contribution < -0.4 is 9.80 Å². The highest BCUT2D eigenvalue weighted by Gasteiger charge is 2.26. The number of carbonyl (C=O) groups excluding carboxylic acids is 1. The fourth-order valence-corrected chi connectivity index (χ4v) is 4.13. The lowest BCUT2D eigenvalue weighted by Gasteiger charge is -2.37. The van der Waals surface area contributed by atoms with E-state index in [0.717, 1.165) is 37.3 Å². The van der Waals surface area contributed by atoms with Crippen molar-refractivity contribution in [3.63, 3.8) is 0 Å². The molecule has 4 nitrogen and oxygen atoms in total. The second-order valence-electron chi connectivity index (χ2n) is 6.99. The van der Waals surface area contributed by atoms with E-state index in [2.05, 4.69) is 28.9 Å². The molecule has 3 heterocycles. The van der Waals surface area contributed by atoms with Crippen LogP contribution in [0.25, 0.3) is 0 Å². The summed E-state index contributed by atoms with van der Waals surface area (Å²) in [5, 5.41) is 0. The molecule has 2 aliphatic rings. The Morgan fingerprint density at radius 3 is 2.84 bits per heavy atom. The van der Waals surface area contributed by atoms with Crippen LogP contribution >= 0.6 is 0 Å². The van der Waals surface area contributed by atoms with E-state index in [1.54, 1.807) is 0 Å². The zero-order valence-corrected chi connectivity index (χ0v) is 14.8. The van der Waals surface area contributed by atoms with Gasteiger partial charge in [-0.15, -0.1) is 0 Å². The van der Waals surface area contributed by atoms with Gasteiger partial charge >= 0.3 is 0 Å². The smallest absolute Gasteiger partial charge is 0.276 e. The molecule has 1 atom stereocenters. The zero-order chi connectivity index (χ0) is 17.2. The van der Waals surface area contributed by atoms with Gasteiger partial charge in [0, 0.05) is 24.8 Å². The summed E-state index contributed by atoms with van der Waals surface area (Å²) < 4.78 is 0. The van der Waals surface area contributed by atoms with E-state index in [1.807, 2.05) is 35.4 Å². The molecule has 130 valence electrons. The molecule has 4 heteroatoms. The minimum absolute atomic E-state index is 0.00202. The first kappa shape index (κ1) is 16.1.